The van der Waals surface area contributed by atoms with Gasteiger partial charge in [0.2, 0.25) is 5.91 Å². The molecule has 1 aromatic rings. The zero-order chi connectivity index (χ0) is 10.8. The molecular formula is C10H13N3O2. The summed E-state index contributed by atoms with van der Waals surface area (Å²) in [5.74, 6) is -0.579. The molecule has 5 heteroatoms. The summed E-state index contributed by atoms with van der Waals surface area (Å²) in [7, 11) is 0. The molecule has 80 valence electrons. The highest BCUT2D eigenvalue weighted by Crippen LogP contribution is 2.17. The van der Waals surface area contributed by atoms with Crippen molar-refractivity contribution >= 4 is 11.8 Å². The van der Waals surface area contributed by atoms with Crippen molar-refractivity contribution in [3.05, 3.63) is 24.0 Å². The third-order valence-corrected chi connectivity index (χ3v) is 2.71. The first-order chi connectivity index (χ1) is 7.18. The highest BCUT2D eigenvalue weighted by Gasteiger charge is 2.30. The molecular weight excluding hydrogens is 194 g/mol. The quantitative estimate of drug-likeness (QED) is 0.713. The lowest BCUT2D eigenvalue weighted by atomic mass is 10.1. The van der Waals surface area contributed by atoms with Crippen LogP contribution in [0.4, 0.5) is 0 Å². The van der Waals surface area contributed by atoms with Crippen molar-refractivity contribution in [1.29, 1.82) is 0 Å². The van der Waals surface area contributed by atoms with Crippen LogP contribution in [0.1, 0.15) is 16.9 Å². The molecule has 1 saturated heterocycles. The SMILES string of the molecule is NC(=O)C1CCN(C(=O)c2ccc[nH]2)C1. The van der Waals surface area contributed by atoms with Crippen molar-refractivity contribution < 1.29 is 9.59 Å². The largest absolute Gasteiger partial charge is 0.369 e. The molecule has 1 unspecified atom stereocenters. The van der Waals surface area contributed by atoms with Gasteiger partial charge in [0.25, 0.3) is 5.91 Å². The van der Waals surface area contributed by atoms with Crippen LogP contribution in [0, 0.1) is 5.92 Å². The van der Waals surface area contributed by atoms with E-state index in [0.717, 1.165) is 0 Å². The van der Waals surface area contributed by atoms with Crippen LogP contribution >= 0.6 is 0 Å². The zero-order valence-corrected chi connectivity index (χ0v) is 8.27. The molecule has 2 rings (SSSR count). The lowest BCUT2D eigenvalue weighted by Gasteiger charge is -2.14. The maximum atomic E-state index is 11.8. The Kier molecular flexibility index (Phi) is 2.45. The molecule has 2 amide bonds. The van der Waals surface area contributed by atoms with Gasteiger partial charge in [0, 0.05) is 19.3 Å². The fourth-order valence-corrected chi connectivity index (χ4v) is 1.81. The minimum Gasteiger partial charge on any atom is -0.369 e. The predicted octanol–water partition coefficient (Wildman–Crippen LogP) is -0.0379. The summed E-state index contributed by atoms with van der Waals surface area (Å²) in [6.45, 7) is 1.04. The molecule has 1 aliphatic heterocycles. The summed E-state index contributed by atoms with van der Waals surface area (Å²) in [5, 5.41) is 0. The van der Waals surface area contributed by atoms with Gasteiger partial charge in [-0.15, -0.1) is 0 Å². The average molecular weight is 207 g/mol. The van der Waals surface area contributed by atoms with Gasteiger partial charge >= 0.3 is 0 Å². The second kappa shape index (κ2) is 3.76. The number of hydrogen-bond acceptors (Lipinski definition) is 2. The normalized spacial score (nSPS) is 20.5. The Morgan fingerprint density at radius 3 is 2.87 bits per heavy atom. The molecule has 2 heterocycles. The average Bonchev–Trinajstić information content (AvgIpc) is 2.88. The summed E-state index contributed by atoms with van der Waals surface area (Å²) >= 11 is 0. The monoisotopic (exact) mass is 207 g/mol. The van der Waals surface area contributed by atoms with E-state index in [4.69, 9.17) is 5.73 Å². The van der Waals surface area contributed by atoms with Crippen molar-refractivity contribution in [3.8, 4) is 0 Å². The first kappa shape index (κ1) is 9.76. The second-order valence-electron chi connectivity index (χ2n) is 3.72. The van der Waals surface area contributed by atoms with Crippen molar-refractivity contribution in [3.63, 3.8) is 0 Å². The molecule has 1 aliphatic rings. The van der Waals surface area contributed by atoms with E-state index in [1.54, 1.807) is 23.2 Å². The molecule has 15 heavy (non-hydrogen) atoms. The van der Waals surface area contributed by atoms with E-state index in [2.05, 4.69) is 4.98 Å². The van der Waals surface area contributed by atoms with Crippen LogP contribution in [-0.2, 0) is 4.79 Å². The molecule has 0 aromatic carbocycles. The van der Waals surface area contributed by atoms with Crippen LogP contribution < -0.4 is 5.73 Å². The van der Waals surface area contributed by atoms with Crippen molar-refractivity contribution in [2.45, 2.75) is 6.42 Å². The highest BCUT2D eigenvalue weighted by molar-refractivity contribution is 5.93. The standard InChI is InChI=1S/C10H13N3O2/c11-9(14)7-3-5-13(6-7)10(15)8-2-1-4-12-8/h1-2,4,7,12H,3,5-6H2,(H2,11,14). The minimum atomic E-state index is -0.322. The van der Waals surface area contributed by atoms with Gasteiger partial charge in [0.05, 0.1) is 5.92 Å². The number of carbonyl (C=O) groups excluding carboxylic acids is 2. The van der Waals surface area contributed by atoms with Gasteiger partial charge in [-0.3, -0.25) is 9.59 Å². The van der Waals surface area contributed by atoms with E-state index in [9.17, 15) is 9.59 Å². The smallest absolute Gasteiger partial charge is 0.270 e. The van der Waals surface area contributed by atoms with E-state index in [0.29, 0.717) is 25.2 Å². The molecule has 0 bridgehead atoms. The van der Waals surface area contributed by atoms with Crippen molar-refractivity contribution in [2.24, 2.45) is 11.7 Å². The molecule has 0 spiro atoms. The summed E-state index contributed by atoms with van der Waals surface area (Å²) in [6, 6.07) is 3.49. The zero-order valence-electron chi connectivity index (χ0n) is 8.27. The van der Waals surface area contributed by atoms with Gasteiger partial charge < -0.3 is 15.6 Å². The molecule has 3 N–H and O–H groups in total. The fraction of sp³-hybridized carbons (Fsp3) is 0.400. The van der Waals surface area contributed by atoms with Gasteiger partial charge in [-0.2, -0.15) is 0 Å². The molecule has 1 aromatic heterocycles. The highest BCUT2D eigenvalue weighted by atomic mass is 16.2. The Hall–Kier alpha value is -1.78. The number of primary amides is 1. The molecule has 1 atom stereocenters. The minimum absolute atomic E-state index is 0.0660. The van der Waals surface area contributed by atoms with E-state index in [-0.39, 0.29) is 17.7 Å². The van der Waals surface area contributed by atoms with E-state index < -0.39 is 0 Å². The Morgan fingerprint density at radius 1 is 1.53 bits per heavy atom. The Balaban J connectivity index is 2.02. The topological polar surface area (TPSA) is 79.2 Å². The van der Waals surface area contributed by atoms with Gasteiger partial charge in [0.1, 0.15) is 5.69 Å². The van der Waals surface area contributed by atoms with Gasteiger partial charge in [0.15, 0.2) is 0 Å². The number of H-pyrrole nitrogens is 1. The number of amides is 2. The van der Waals surface area contributed by atoms with Crippen LogP contribution in [-0.4, -0.2) is 34.8 Å². The van der Waals surface area contributed by atoms with Crippen LogP contribution in [0.5, 0.6) is 0 Å². The van der Waals surface area contributed by atoms with Crippen molar-refractivity contribution in [1.82, 2.24) is 9.88 Å². The van der Waals surface area contributed by atoms with Crippen LogP contribution in [0.2, 0.25) is 0 Å². The Bertz CT molecular complexity index is 372. The summed E-state index contributed by atoms with van der Waals surface area (Å²) in [4.78, 5) is 27.3. The lowest BCUT2D eigenvalue weighted by Crippen LogP contribution is -2.31. The first-order valence-corrected chi connectivity index (χ1v) is 4.90. The van der Waals surface area contributed by atoms with Crippen LogP contribution in [0.15, 0.2) is 18.3 Å². The van der Waals surface area contributed by atoms with Crippen LogP contribution in [0.25, 0.3) is 0 Å². The number of nitrogens with one attached hydrogen (secondary N) is 1. The van der Waals surface area contributed by atoms with Crippen molar-refractivity contribution in [2.75, 3.05) is 13.1 Å². The molecule has 0 aliphatic carbocycles. The molecule has 1 fully saturated rings. The van der Waals surface area contributed by atoms with Crippen LogP contribution in [0.3, 0.4) is 0 Å². The lowest BCUT2D eigenvalue weighted by molar-refractivity contribution is -0.121. The fourth-order valence-electron chi connectivity index (χ4n) is 1.81. The van der Waals surface area contributed by atoms with Gasteiger partial charge in [-0.1, -0.05) is 0 Å². The molecule has 5 nitrogen and oxygen atoms in total. The van der Waals surface area contributed by atoms with Gasteiger partial charge in [-0.25, -0.2) is 0 Å². The summed E-state index contributed by atoms with van der Waals surface area (Å²) < 4.78 is 0. The number of rotatable bonds is 2. The van der Waals surface area contributed by atoms with Gasteiger partial charge in [-0.05, 0) is 18.6 Å². The number of carbonyl (C=O) groups is 2. The molecule has 0 saturated carbocycles. The Morgan fingerprint density at radius 2 is 2.33 bits per heavy atom. The number of nitrogens with zero attached hydrogens (tertiary/aromatic N) is 1. The van der Waals surface area contributed by atoms with E-state index in [1.807, 2.05) is 0 Å². The second-order valence-corrected chi connectivity index (χ2v) is 3.72. The number of likely N-dealkylation sites (tertiary alicyclic amines) is 1. The van der Waals surface area contributed by atoms with E-state index in [1.165, 1.54) is 0 Å². The first-order valence-electron chi connectivity index (χ1n) is 4.90. The maximum absolute atomic E-state index is 11.8. The number of aromatic nitrogens is 1. The molecule has 0 radical (unpaired) electrons. The maximum Gasteiger partial charge on any atom is 0.270 e. The van der Waals surface area contributed by atoms with E-state index >= 15 is 0 Å². The third kappa shape index (κ3) is 1.86. The Labute approximate surface area is 87.2 Å². The summed E-state index contributed by atoms with van der Waals surface area (Å²) in [6.07, 6.45) is 2.37. The third-order valence-electron chi connectivity index (χ3n) is 2.71. The predicted molar refractivity (Wildman–Crippen MR) is 54.0 cm³/mol. The number of nitrogens with two attached hydrogens (primary N) is 1. The number of aromatic amines is 1. The number of hydrogen-bond donors (Lipinski definition) is 2. The summed E-state index contributed by atoms with van der Waals surface area (Å²) in [5.41, 5.74) is 5.75.